The smallest absolute Gasteiger partial charge is 0.115 e. The molecule has 2 aromatic heterocycles. The summed E-state index contributed by atoms with van der Waals surface area (Å²) < 4.78 is 0. The van der Waals surface area contributed by atoms with Gasteiger partial charge < -0.3 is 5.32 Å². The Bertz CT molecular complexity index is 786. The summed E-state index contributed by atoms with van der Waals surface area (Å²) in [5.74, 6) is 0.637. The molecule has 3 heterocycles. The normalized spacial score (nSPS) is 18.6. The maximum atomic E-state index is 4.48. The summed E-state index contributed by atoms with van der Waals surface area (Å²) in [6.07, 6.45) is 9.66. The fraction of sp³-hybridized carbons (Fsp3) is 0.348. The molecule has 1 aliphatic heterocycles. The molecule has 1 saturated heterocycles. The Hall–Kier alpha value is -2.63. The number of rotatable bonds is 7. The number of nitrogens with zero attached hydrogens (tertiary/aromatic N) is 4. The number of pyridine rings is 1. The van der Waals surface area contributed by atoms with Crippen LogP contribution in [-0.4, -0.2) is 39.5 Å². The molecule has 2 atom stereocenters. The molecule has 1 fully saturated rings. The Morgan fingerprint density at radius 2 is 1.96 bits per heavy atom. The Morgan fingerprint density at radius 3 is 2.75 bits per heavy atom. The molecule has 4 rings (SSSR count). The number of benzene rings is 1. The second-order valence-electron chi connectivity index (χ2n) is 7.49. The molecule has 5 heteroatoms. The number of piperidine rings is 1. The third-order valence-electron chi connectivity index (χ3n) is 5.38. The van der Waals surface area contributed by atoms with Gasteiger partial charge in [0.2, 0.25) is 0 Å². The molecule has 1 aliphatic rings. The molecule has 0 spiro atoms. The molecule has 2 unspecified atom stereocenters. The quantitative estimate of drug-likeness (QED) is 0.687. The SMILES string of the molecule is c1ccc(CN2CCCC(CNC(c3cccnc3)c3ccncn3)C2)cc1. The molecule has 5 nitrogen and oxygen atoms in total. The van der Waals surface area contributed by atoms with E-state index in [9.17, 15) is 0 Å². The van der Waals surface area contributed by atoms with Gasteiger partial charge in [0.1, 0.15) is 6.33 Å². The van der Waals surface area contributed by atoms with Gasteiger partial charge in [0.25, 0.3) is 0 Å². The van der Waals surface area contributed by atoms with Gasteiger partial charge in [0.05, 0.1) is 11.7 Å². The number of likely N-dealkylation sites (tertiary alicyclic amines) is 1. The molecule has 0 amide bonds. The molecule has 0 radical (unpaired) electrons. The lowest BCUT2D eigenvalue weighted by molar-refractivity contribution is 0.164. The van der Waals surface area contributed by atoms with E-state index in [-0.39, 0.29) is 6.04 Å². The molecule has 0 saturated carbocycles. The van der Waals surface area contributed by atoms with Crippen LogP contribution in [0.5, 0.6) is 0 Å². The first kappa shape index (κ1) is 18.7. The molecule has 28 heavy (non-hydrogen) atoms. The first-order valence-corrected chi connectivity index (χ1v) is 10.0. The Balaban J connectivity index is 1.39. The maximum absolute atomic E-state index is 4.48. The number of nitrogens with one attached hydrogen (secondary N) is 1. The van der Waals surface area contributed by atoms with Gasteiger partial charge in [-0.3, -0.25) is 9.88 Å². The minimum absolute atomic E-state index is 0.0428. The molecule has 144 valence electrons. The van der Waals surface area contributed by atoms with Crippen LogP contribution in [-0.2, 0) is 6.54 Å². The van der Waals surface area contributed by atoms with Crippen molar-refractivity contribution in [2.45, 2.75) is 25.4 Å². The van der Waals surface area contributed by atoms with E-state index in [4.69, 9.17) is 0 Å². The first-order chi connectivity index (χ1) is 13.9. The van der Waals surface area contributed by atoms with Crippen molar-refractivity contribution in [1.82, 2.24) is 25.2 Å². The largest absolute Gasteiger partial charge is 0.305 e. The van der Waals surface area contributed by atoms with E-state index < -0.39 is 0 Å². The molecule has 0 bridgehead atoms. The summed E-state index contributed by atoms with van der Waals surface area (Å²) in [5.41, 5.74) is 3.52. The standard InChI is InChI=1S/C23H27N5/c1-2-6-19(7-3-1)16-28-13-5-8-20(17-28)14-26-23(21-9-4-11-24-15-21)22-10-12-25-18-27-22/h1-4,6-7,9-12,15,18,20,23,26H,5,8,13-14,16-17H2. The Morgan fingerprint density at radius 1 is 1.04 bits per heavy atom. The molecular formula is C23H27N5. The summed E-state index contributed by atoms with van der Waals surface area (Å²) in [4.78, 5) is 15.4. The van der Waals surface area contributed by atoms with E-state index in [1.54, 1.807) is 12.5 Å². The number of hydrogen-bond donors (Lipinski definition) is 1. The van der Waals surface area contributed by atoms with E-state index in [0.717, 1.165) is 30.9 Å². The van der Waals surface area contributed by atoms with Crippen LogP contribution in [0.25, 0.3) is 0 Å². The average molecular weight is 374 g/mol. The lowest BCUT2D eigenvalue weighted by Crippen LogP contribution is -2.40. The summed E-state index contributed by atoms with van der Waals surface area (Å²) in [6, 6.07) is 16.9. The van der Waals surface area contributed by atoms with E-state index in [0.29, 0.717) is 5.92 Å². The van der Waals surface area contributed by atoms with E-state index in [1.807, 2.05) is 24.5 Å². The zero-order valence-electron chi connectivity index (χ0n) is 16.1. The van der Waals surface area contributed by atoms with Crippen molar-refractivity contribution >= 4 is 0 Å². The van der Waals surface area contributed by atoms with Gasteiger partial charge >= 0.3 is 0 Å². The summed E-state index contributed by atoms with van der Waals surface area (Å²) in [7, 11) is 0. The van der Waals surface area contributed by atoms with Gasteiger partial charge in [0.15, 0.2) is 0 Å². The number of hydrogen-bond acceptors (Lipinski definition) is 5. The monoisotopic (exact) mass is 373 g/mol. The fourth-order valence-electron chi connectivity index (χ4n) is 4.00. The van der Waals surface area contributed by atoms with Crippen LogP contribution in [0.1, 0.15) is 35.7 Å². The highest BCUT2D eigenvalue weighted by Gasteiger charge is 2.22. The van der Waals surface area contributed by atoms with Crippen molar-refractivity contribution in [3.63, 3.8) is 0 Å². The third-order valence-corrected chi connectivity index (χ3v) is 5.38. The Kier molecular flexibility index (Phi) is 6.37. The van der Waals surface area contributed by atoms with Crippen LogP contribution < -0.4 is 5.32 Å². The van der Waals surface area contributed by atoms with Crippen molar-refractivity contribution in [3.05, 3.63) is 90.3 Å². The highest BCUT2D eigenvalue weighted by molar-refractivity contribution is 5.24. The van der Waals surface area contributed by atoms with Gasteiger partial charge in [-0.2, -0.15) is 0 Å². The zero-order valence-corrected chi connectivity index (χ0v) is 16.1. The average Bonchev–Trinajstić information content (AvgIpc) is 2.76. The summed E-state index contributed by atoms with van der Waals surface area (Å²) >= 11 is 0. The zero-order chi connectivity index (χ0) is 19.0. The fourth-order valence-corrected chi connectivity index (χ4v) is 4.00. The highest BCUT2D eigenvalue weighted by atomic mass is 15.1. The van der Waals surface area contributed by atoms with Crippen molar-refractivity contribution in [1.29, 1.82) is 0 Å². The van der Waals surface area contributed by atoms with E-state index in [2.05, 4.69) is 61.6 Å². The second-order valence-corrected chi connectivity index (χ2v) is 7.49. The van der Waals surface area contributed by atoms with Crippen LogP contribution in [0.2, 0.25) is 0 Å². The first-order valence-electron chi connectivity index (χ1n) is 10.0. The van der Waals surface area contributed by atoms with Crippen LogP contribution >= 0.6 is 0 Å². The number of aromatic nitrogens is 3. The molecule has 1 N–H and O–H groups in total. The van der Waals surface area contributed by atoms with Gasteiger partial charge in [-0.05, 0) is 48.6 Å². The predicted octanol–water partition coefficient (Wildman–Crippen LogP) is 3.46. The van der Waals surface area contributed by atoms with Crippen LogP contribution in [0, 0.1) is 5.92 Å². The maximum Gasteiger partial charge on any atom is 0.115 e. The summed E-state index contributed by atoms with van der Waals surface area (Å²) in [6.45, 7) is 4.32. The van der Waals surface area contributed by atoms with Crippen molar-refractivity contribution in [2.24, 2.45) is 5.92 Å². The van der Waals surface area contributed by atoms with Crippen LogP contribution in [0.15, 0.2) is 73.4 Å². The summed E-state index contributed by atoms with van der Waals surface area (Å²) in [5, 5.41) is 3.75. The van der Waals surface area contributed by atoms with Gasteiger partial charge in [0, 0.05) is 38.2 Å². The minimum Gasteiger partial charge on any atom is -0.305 e. The van der Waals surface area contributed by atoms with Crippen molar-refractivity contribution in [3.8, 4) is 0 Å². The molecule has 3 aromatic rings. The van der Waals surface area contributed by atoms with Gasteiger partial charge in [-0.15, -0.1) is 0 Å². The van der Waals surface area contributed by atoms with E-state index in [1.165, 1.54) is 24.9 Å². The van der Waals surface area contributed by atoms with Gasteiger partial charge in [-0.25, -0.2) is 9.97 Å². The third kappa shape index (κ3) is 5.00. The minimum atomic E-state index is 0.0428. The lowest BCUT2D eigenvalue weighted by Gasteiger charge is -2.33. The van der Waals surface area contributed by atoms with Crippen molar-refractivity contribution in [2.75, 3.05) is 19.6 Å². The topological polar surface area (TPSA) is 53.9 Å². The molecule has 1 aromatic carbocycles. The van der Waals surface area contributed by atoms with E-state index >= 15 is 0 Å². The molecular weight excluding hydrogens is 346 g/mol. The predicted molar refractivity (Wildman–Crippen MR) is 111 cm³/mol. The Labute approximate surface area is 166 Å². The van der Waals surface area contributed by atoms with Crippen LogP contribution in [0.3, 0.4) is 0 Å². The van der Waals surface area contributed by atoms with Crippen molar-refractivity contribution < 1.29 is 0 Å². The van der Waals surface area contributed by atoms with Crippen LogP contribution in [0.4, 0.5) is 0 Å². The molecule has 0 aliphatic carbocycles. The lowest BCUT2D eigenvalue weighted by atomic mass is 9.96. The van der Waals surface area contributed by atoms with Gasteiger partial charge in [-0.1, -0.05) is 36.4 Å². The second kappa shape index (κ2) is 9.53. The highest BCUT2D eigenvalue weighted by Crippen LogP contribution is 2.22.